The number of nitrogens with zero attached hydrogens (tertiary/aromatic N) is 6. The van der Waals surface area contributed by atoms with Gasteiger partial charge in [-0.05, 0) is 64.5 Å². The van der Waals surface area contributed by atoms with Crippen LogP contribution in [-0.2, 0) is 11.3 Å². The minimum Gasteiger partial charge on any atom is -0.441 e. The minimum absolute atomic E-state index is 0.0253. The highest BCUT2D eigenvalue weighted by Crippen LogP contribution is 2.39. The number of cyclic esters (lactones) is 1. The molecule has 0 N–H and O–H groups in total. The largest absolute Gasteiger partial charge is 0.441 e. The van der Waals surface area contributed by atoms with Crippen LogP contribution in [0.15, 0.2) is 66.9 Å². The molecular formula is C22H15ClF2N6O2. The Morgan fingerprint density at radius 1 is 1.03 bits per heavy atom. The third kappa shape index (κ3) is 4.12. The van der Waals surface area contributed by atoms with Gasteiger partial charge in [-0.15, -0.1) is 5.10 Å². The van der Waals surface area contributed by atoms with Crippen molar-refractivity contribution in [3.05, 3.63) is 89.1 Å². The fourth-order valence-electron chi connectivity index (χ4n) is 3.82. The second-order valence-electron chi connectivity index (χ2n) is 7.32. The van der Waals surface area contributed by atoms with Gasteiger partial charge in [0.2, 0.25) is 5.82 Å². The van der Waals surface area contributed by atoms with Gasteiger partial charge in [-0.3, -0.25) is 9.88 Å². The lowest BCUT2D eigenvalue weighted by Gasteiger charge is -2.25. The molecule has 0 saturated carbocycles. The monoisotopic (exact) mass is 468 g/mol. The van der Waals surface area contributed by atoms with Crippen molar-refractivity contribution in [3.63, 3.8) is 0 Å². The molecule has 1 aliphatic rings. The second kappa shape index (κ2) is 8.55. The van der Waals surface area contributed by atoms with E-state index in [-0.39, 0.29) is 12.1 Å². The van der Waals surface area contributed by atoms with Gasteiger partial charge in [0.1, 0.15) is 29.5 Å². The van der Waals surface area contributed by atoms with E-state index >= 15 is 0 Å². The Bertz CT molecular complexity index is 1280. The van der Waals surface area contributed by atoms with Crippen LogP contribution in [0, 0.1) is 11.6 Å². The number of rotatable bonds is 5. The Labute approximate surface area is 191 Å². The van der Waals surface area contributed by atoms with E-state index < -0.39 is 29.9 Å². The lowest BCUT2D eigenvalue weighted by atomic mass is 9.99. The van der Waals surface area contributed by atoms with Crippen molar-refractivity contribution in [3.8, 4) is 11.5 Å². The van der Waals surface area contributed by atoms with E-state index in [2.05, 4.69) is 20.5 Å². The number of amides is 1. The molecule has 3 heterocycles. The average Bonchev–Trinajstić information content (AvgIpc) is 3.38. The zero-order valence-electron chi connectivity index (χ0n) is 16.8. The van der Waals surface area contributed by atoms with Crippen LogP contribution in [0.2, 0.25) is 5.02 Å². The van der Waals surface area contributed by atoms with Gasteiger partial charge < -0.3 is 4.74 Å². The molecule has 11 heteroatoms. The number of halogens is 3. The van der Waals surface area contributed by atoms with Crippen molar-refractivity contribution in [2.75, 3.05) is 4.90 Å². The SMILES string of the molecule is O=C1O[C@@H](Cn2nnnc2-c2ccccn2)[C@H](c2cc(F)cc(F)c2)N1c1ccc(Cl)cc1. The van der Waals surface area contributed by atoms with E-state index in [9.17, 15) is 13.6 Å². The molecule has 1 fully saturated rings. The van der Waals surface area contributed by atoms with Crippen molar-refractivity contribution in [1.82, 2.24) is 25.2 Å². The van der Waals surface area contributed by atoms with Gasteiger partial charge in [-0.2, -0.15) is 0 Å². The van der Waals surface area contributed by atoms with Crippen LogP contribution in [0.1, 0.15) is 11.6 Å². The van der Waals surface area contributed by atoms with E-state index in [0.29, 0.717) is 22.2 Å². The van der Waals surface area contributed by atoms with Crippen molar-refractivity contribution >= 4 is 23.4 Å². The summed E-state index contributed by atoms with van der Waals surface area (Å²) in [6, 6.07) is 14.0. The van der Waals surface area contributed by atoms with Crippen molar-refractivity contribution in [2.45, 2.75) is 18.7 Å². The molecule has 0 radical (unpaired) electrons. The maximum Gasteiger partial charge on any atom is 0.415 e. The number of carbonyl (C=O) groups excluding carboxylic acids is 1. The first-order valence-electron chi connectivity index (χ1n) is 9.88. The molecule has 0 aliphatic carbocycles. The Hall–Kier alpha value is -3.92. The number of anilines is 1. The molecule has 2 aromatic carbocycles. The van der Waals surface area contributed by atoms with Gasteiger partial charge in [0.15, 0.2) is 0 Å². The Kier molecular flexibility index (Phi) is 5.43. The van der Waals surface area contributed by atoms with Crippen molar-refractivity contribution in [2.24, 2.45) is 0 Å². The molecule has 5 rings (SSSR count). The van der Waals surface area contributed by atoms with E-state index in [0.717, 1.165) is 6.07 Å². The normalized spacial score (nSPS) is 17.9. The molecule has 0 bridgehead atoms. The van der Waals surface area contributed by atoms with Gasteiger partial charge in [-0.25, -0.2) is 18.3 Å². The Morgan fingerprint density at radius 2 is 1.79 bits per heavy atom. The minimum atomic E-state index is -0.861. The number of pyridine rings is 1. The average molecular weight is 469 g/mol. The second-order valence-corrected chi connectivity index (χ2v) is 7.75. The summed E-state index contributed by atoms with van der Waals surface area (Å²) in [6.07, 6.45) is 0.0645. The molecule has 4 aromatic rings. The third-order valence-corrected chi connectivity index (χ3v) is 5.44. The molecule has 2 atom stereocenters. The lowest BCUT2D eigenvalue weighted by Crippen LogP contribution is -2.31. The Morgan fingerprint density at radius 3 is 2.48 bits per heavy atom. The van der Waals surface area contributed by atoms with Crippen LogP contribution < -0.4 is 4.90 Å². The highest BCUT2D eigenvalue weighted by Gasteiger charge is 2.44. The van der Waals surface area contributed by atoms with E-state index in [1.807, 2.05) is 0 Å². The molecule has 1 amide bonds. The molecule has 166 valence electrons. The maximum atomic E-state index is 14.1. The number of benzene rings is 2. The molecule has 2 aromatic heterocycles. The maximum absolute atomic E-state index is 14.1. The molecule has 1 saturated heterocycles. The van der Waals surface area contributed by atoms with Gasteiger partial charge in [0, 0.05) is 23.0 Å². The van der Waals surface area contributed by atoms with Crippen LogP contribution >= 0.6 is 11.6 Å². The van der Waals surface area contributed by atoms with Gasteiger partial charge in [-0.1, -0.05) is 17.7 Å². The topological polar surface area (TPSA) is 86.0 Å². The molecule has 0 spiro atoms. The van der Waals surface area contributed by atoms with Crippen LogP contribution in [0.3, 0.4) is 0 Å². The van der Waals surface area contributed by atoms with E-state index in [1.165, 1.54) is 21.7 Å². The highest BCUT2D eigenvalue weighted by molar-refractivity contribution is 6.30. The van der Waals surface area contributed by atoms with E-state index in [1.54, 1.807) is 48.7 Å². The van der Waals surface area contributed by atoms with Crippen molar-refractivity contribution < 1.29 is 18.3 Å². The lowest BCUT2D eigenvalue weighted by molar-refractivity contribution is 0.117. The quantitative estimate of drug-likeness (QED) is 0.430. The highest BCUT2D eigenvalue weighted by atomic mass is 35.5. The zero-order valence-corrected chi connectivity index (χ0v) is 17.6. The fourth-order valence-corrected chi connectivity index (χ4v) is 3.95. The molecule has 0 unspecified atom stereocenters. The first-order valence-corrected chi connectivity index (χ1v) is 10.3. The number of carbonyl (C=O) groups is 1. The fraction of sp³-hybridized carbons (Fsp3) is 0.136. The van der Waals surface area contributed by atoms with Crippen LogP contribution in [0.4, 0.5) is 19.3 Å². The number of tetrazole rings is 1. The molecule has 8 nitrogen and oxygen atoms in total. The molecule has 33 heavy (non-hydrogen) atoms. The number of hydrogen-bond acceptors (Lipinski definition) is 6. The number of aromatic nitrogens is 5. The van der Waals surface area contributed by atoms with Crippen LogP contribution in [-0.4, -0.2) is 37.4 Å². The Balaban J connectivity index is 1.56. The summed E-state index contributed by atoms with van der Waals surface area (Å²) in [6.45, 7) is 0.0253. The van der Waals surface area contributed by atoms with Crippen LogP contribution in [0.5, 0.6) is 0 Å². The summed E-state index contributed by atoms with van der Waals surface area (Å²) in [5.74, 6) is -1.17. The summed E-state index contributed by atoms with van der Waals surface area (Å²) < 4.78 is 35.3. The standard InChI is InChI=1S/C22H15ClF2N6O2/c23-14-4-6-17(7-5-14)31-20(13-9-15(24)11-16(25)10-13)19(33-22(31)32)12-30-21(27-28-29-30)18-3-1-2-8-26-18/h1-11,19-20H,12H2/t19-,20-/m0/s1. The van der Waals surface area contributed by atoms with Crippen LogP contribution in [0.25, 0.3) is 11.5 Å². The van der Waals surface area contributed by atoms with E-state index in [4.69, 9.17) is 16.3 Å². The first-order chi connectivity index (χ1) is 16.0. The third-order valence-electron chi connectivity index (χ3n) is 5.19. The van der Waals surface area contributed by atoms with Gasteiger partial charge in [0.25, 0.3) is 0 Å². The first kappa shape index (κ1) is 21.0. The zero-order chi connectivity index (χ0) is 22.9. The van der Waals surface area contributed by atoms with Gasteiger partial charge in [0.05, 0.1) is 6.54 Å². The van der Waals surface area contributed by atoms with Gasteiger partial charge >= 0.3 is 6.09 Å². The number of ether oxygens (including phenoxy) is 1. The molecule has 1 aliphatic heterocycles. The summed E-state index contributed by atoms with van der Waals surface area (Å²) in [5, 5.41) is 12.2. The summed E-state index contributed by atoms with van der Waals surface area (Å²) in [5.41, 5.74) is 1.21. The summed E-state index contributed by atoms with van der Waals surface area (Å²) >= 11 is 5.98. The molecular weight excluding hydrogens is 454 g/mol. The summed E-state index contributed by atoms with van der Waals surface area (Å²) in [4.78, 5) is 18.5. The smallest absolute Gasteiger partial charge is 0.415 e. The predicted octanol–water partition coefficient (Wildman–Crippen LogP) is 4.43. The predicted molar refractivity (Wildman–Crippen MR) is 114 cm³/mol. The van der Waals surface area contributed by atoms with Crippen molar-refractivity contribution in [1.29, 1.82) is 0 Å². The summed E-state index contributed by atoms with van der Waals surface area (Å²) in [7, 11) is 0. The number of hydrogen-bond donors (Lipinski definition) is 0.